The van der Waals surface area contributed by atoms with Gasteiger partial charge in [0, 0.05) is 12.5 Å². The molecule has 108 valence electrons. The van der Waals surface area contributed by atoms with E-state index in [1.54, 1.807) is 0 Å². The van der Waals surface area contributed by atoms with Crippen LogP contribution in [0.4, 0.5) is 4.79 Å². The van der Waals surface area contributed by atoms with Gasteiger partial charge in [-0.05, 0) is 32.4 Å². The quantitative estimate of drug-likeness (QED) is 0.438. The van der Waals surface area contributed by atoms with Gasteiger partial charge in [0.1, 0.15) is 6.04 Å². The van der Waals surface area contributed by atoms with Crippen molar-refractivity contribution in [1.29, 1.82) is 0 Å². The van der Waals surface area contributed by atoms with Gasteiger partial charge in [-0.15, -0.1) is 0 Å². The molecule has 5 N–H and O–H groups in total. The zero-order valence-corrected chi connectivity index (χ0v) is 10.5. The molecular formula is C11H19N3O5. The van der Waals surface area contributed by atoms with E-state index < -0.39 is 24.0 Å². The highest BCUT2D eigenvalue weighted by Gasteiger charge is 2.22. The van der Waals surface area contributed by atoms with E-state index in [1.165, 1.54) is 0 Å². The summed E-state index contributed by atoms with van der Waals surface area (Å²) < 4.78 is 0. The summed E-state index contributed by atoms with van der Waals surface area (Å²) in [6.45, 7) is 1.62. The number of carbonyl (C=O) groups is 3. The van der Waals surface area contributed by atoms with Gasteiger partial charge in [-0.25, -0.2) is 9.59 Å². The van der Waals surface area contributed by atoms with Crippen molar-refractivity contribution >= 4 is 18.0 Å². The second-order valence-corrected chi connectivity index (χ2v) is 4.47. The molecule has 0 saturated carbocycles. The summed E-state index contributed by atoms with van der Waals surface area (Å²) in [5, 5.41) is 25.5. The largest absolute Gasteiger partial charge is 0.481 e. The van der Waals surface area contributed by atoms with E-state index in [-0.39, 0.29) is 18.9 Å². The Bertz CT molecular complexity index is 341. The van der Waals surface area contributed by atoms with Gasteiger partial charge in [0.25, 0.3) is 0 Å². The molecule has 1 atom stereocenters. The van der Waals surface area contributed by atoms with Gasteiger partial charge in [-0.3, -0.25) is 4.79 Å². The molecule has 2 amide bonds. The third-order valence-electron chi connectivity index (χ3n) is 2.92. The zero-order chi connectivity index (χ0) is 14.3. The molecule has 1 rings (SSSR count). The van der Waals surface area contributed by atoms with Crippen LogP contribution in [-0.2, 0) is 9.59 Å². The first kappa shape index (κ1) is 15.2. The van der Waals surface area contributed by atoms with Gasteiger partial charge in [0.2, 0.25) is 0 Å². The van der Waals surface area contributed by atoms with E-state index >= 15 is 0 Å². The monoisotopic (exact) mass is 273 g/mol. The summed E-state index contributed by atoms with van der Waals surface area (Å²) in [7, 11) is 0. The SMILES string of the molecule is O=C(O)CC[C@H](NC(=O)NC1CCNCC1)C(=O)O. The van der Waals surface area contributed by atoms with Crippen molar-refractivity contribution in [1.82, 2.24) is 16.0 Å². The molecule has 1 fully saturated rings. The van der Waals surface area contributed by atoms with Gasteiger partial charge in [0.05, 0.1) is 0 Å². The van der Waals surface area contributed by atoms with Crippen molar-refractivity contribution in [3.05, 3.63) is 0 Å². The number of carbonyl (C=O) groups excluding carboxylic acids is 1. The summed E-state index contributed by atoms with van der Waals surface area (Å²) in [6, 6.07) is -1.72. The first-order valence-corrected chi connectivity index (χ1v) is 6.21. The number of hydrogen-bond donors (Lipinski definition) is 5. The first-order valence-electron chi connectivity index (χ1n) is 6.21. The molecule has 1 aliphatic heterocycles. The van der Waals surface area contributed by atoms with Crippen LogP contribution in [0.1, 0.15) is 25.7 Å². The molecule has 19 heavy (non-hydrogen) atoms. The predicted octanol–water partition coefficient (Wildman–Crippen LogP) is -0.644. The number of carboxylic acids is 2. The highest BCUT2D eigenvalue weighted by atomic mass is 16.4. The summed E-state index contributed by atoms with van der Waals surface area (Å²) in [5.74, 6) is -2.33. The molecule has 0 unspecified atom stereocenters. The van der Waals surface area contributed by atoms with Gasteiger partial charge >= 0.3 is 18.0 Å². The number of aliphatic carboxylic acids is 2. The van der Waals surface area contributed by atoms with Crippen molar-refractivity contribution in [3.63, 3.8) is 0 Å². The van der Waals surface area contributed by atoms with Crippen LogP contribution in [0, 0.1) is 0 Å². The third-order valence-corrected chi connectivity index (χ3v) is 2.92. The van der Waals surface area contributed by atoms with Gasteiger partial charge in [-0.2, -0.15) is 0 Å². The molecule has 0 spiro atoms. The molecule has 0 radical (unpaired) electrons. The Balaban J connectivity index is 2.37. The number of urea groups is 1. The minimum Gasteiger partial charge on any atom is -0.481 e. The summed E-state index contributed by atoms with van der Waals surface area (Å²) in [5.41, 5.74) is 0. The molecule has 0 bridgehead atoms. The van der Waals surface area contributed by atoms with Crippen LogP contribution in [0.15, 0.2) is 0 Å². The van der Waals surface area contributed by atoms with E-state index in [0.29, 0.717) is 0 Å². The van der Waals surface area contributed by atoms with Crippen molar-refractivity contribution in [2.75, 3.05) is 13.1 Å². The predicted molar refractivity (Wildman–Crippen MR) is 65.9 cm³/mol. The maximum atomic E-state index is 11.6. The summed E-state index contributed by atoms with van der Waals surface area (Å²) in [6.07, 6.45) is 1.15. The Hall–Kier alpha value is -1.83. The lowest BCUT2D eigenvalue weighted by Crippen LogP contribution is -2.51. The van der Waals surface area contributed by atoms with E-state index in [4.69, 9.17) is 10.2 Å². The van der Waals surface area contributed by atoms with E-state index in [2.05, 4.69) is 16.0 Å². The van der Waals surface area contributed by atoms with Crippen LogP contribution >= 0.6 is 0 Å². The minimum atomic E-state index is -1.23. The Kier molecular flexibility index (Phi) is 6.07. The van der Waals surface area contributed by atoms with Crippen molar-refractivity contribution in [3.8, 4) is 0 Å². The maximum absolute atomic E-state index is 11.6. The van der Waals surface area contributed by atoms with Crippen LogP contribution in [0.3, 0.4) is 0 Å². The lowest BCUT2D eigenvalue weighted by atomic mass is 10.1. The summed E-state index contributed by atoms with van der Waals surface area (Å²) in [4.78, 5) is 32.9. The Morgan fingerprint density at radius 3 is 2.37 bits per heavy atom. The van der Waals surface area contributed by atoms with Crippen LogP contribution in [0.2, 0.25) is 0 Å². The topological polar surface area (TPSA) is 128 Å². The van der Waals surface area contributed by atoms with Crippen molar-refractivity contribution in [2.24, 2.45) is 0 Å². The van der Waals surface area contributed by atoms with Crippen LogP contribution in [0.25, 0.3) is 0 Å². The van der Waals surface area contributed by atoms with Gasteiger partial charge < -0.3 is 26.2 Å². The van der Waals surface area contributed by atoms with E-state index in [0.717, 1.165) is 25.9 Å². The van der Waals surface area contributed by atoms with Crippen molar-refractivity contribution < 1.29 is 24.6 Å². The van der Waals surface area contributed by atoms with Gasteiger partial charge in [-0.1, -0.05) is 0 Å². The molecule has 1 heterocycles. The molecule has 1 aliphatic rings. The third kappa shape index (κ3) is 6.05. The Morgan fingerprint density at radius 2 is 1.84 bits per heavy atom. The Labute approximate surface area is 110 Å². The lowest BCUT2D eigenvalue weighted by Gasteiger charge is -2.24. The highest BCUT2D eigenvalue weighted by Crippen LogP contribution is 2.02. The zero-order valence-electron chi connectivity index (χ0n) is 10.5. The second kappa shape index (κ2) is 7.57. The highest BCUT2D eigenvalue weighted by molar-refractivity contribution is 5.83. The molecule has 0 aliphatic carbocycles. The lowest BCUT2D eigenvalue weighted by molar-refractivity contribution is -0.140. The fourth-order valence-electron chi connectivity index (χ4n) is 1.88. The maximum Gasteiger partial charge on any atom is 0.326 e. The molecule has 1 saturated heterocycles. The smallest absolute Gasteiger partial charge is 0.326 e. The second-order valence-electron chi connectivity index (χ2n) is 4.47. The first-order chi connectivity index (χ1) is 8.99. The minimum absolute atomic E-state index is 0.0233. The molecule has 0 aromatic carbocycles. The molecule has 8 nitrogen and oxygen atoms in total. The Morgan fingerprint density at radius 1 is 1.21 bits per heavy atom. The average molecular weight is 273 g/mol. The summed E-state index contributed by atoms with van der Waals surface area (Å²) >= 11 is 0. The average Bonchev–Trinajstić information content (AvgIpc) is 2.35. The molecule has 8 heteroatoms. The fraction of sp³-hybridized carbons (Fsp3) is 0.727. The number of amides is 2. The molecule has 0 aromatic heterocycles. The number of piperidine rings is 1. The number of carboxylic acid groups (broad SMARTS) is 2. The fourth-order valence-corrected chi connectivity index (χ4v) is 1.88. The van der Waals surface area contributed by atoms with Crippen molar-refractivity contribution in [2.45, 2.75) is 37.8 Å². The number of hydrogen-bond acceptors (Lipinski definition) is 4. The van der Waals surface area contributed by atoms with Crippen LogP contribution < -0.4 is 16.0 Å². The van der Waals surface area contributed by atoms with Crippen LogP contribution in [-0.4, -0.2) is 53.4 Å². The van der Waals surface area contributed by atoms with E-state index in [9.17, 15) is 14.4 Å². The molecular weight excluding hydrogens is 254 g/mol. The standard InChI is InChI=1S/C11H19N3O5/c15-9(16)2-1-8(10(17)18)14-11(19)13-7-3-5-12-6-4-7/h7-8,12H,1-6H2,(H,15,16)(H,17,18)(H2,13,14,19)/t8-/m0/s1. The molecule has 0 aromatic rings. The number of nitrogens with one attached hydrogen (secondary N) is 3. The van der Waals surface area contributed by atoms with Gasteiger partial charge in [0.15, 0.2) is 0 Å². The normalized spacial score (nSPS) is 17.5. The van der Waals surface area contributed by atoms with E-state index in [1.807, 2.05) is 0 Å². The van der Waals surface area contributed by atoms with Crippen LogP contribution in [0.5, 0.6) is 0 Å². The number of rotatable bonds is 6.